The Balaban J connectivity index is 2.91. The summed E-state index contributed by atoms with van der Waals surface area (Å²) in [5.41, 5.74) is 1.59. The molecule has 0 saturated carbocycles. The maximum Gasteiger partial charge on any atom is 0.305 e. The van der Waals surface area contributed by atoms with Crippen LogP contribution in [0.25, 0.3) is 0 Å². The number of hydrogen-bond donors (Lipinski definition) is 3. The lowest BCUT2D eigenvalue weighted by Crippen LogP contribution is -2.36. The minimum absolute atomic E-state index is 0.125. The van der Waals surface area contributed by atoms with Crippen LogP contribution in [0.5, 0.6) is 5.75 Å². The van der Waals surface area contributed by atoms with Crippen molar-refractivity contribution in [1.29, 1.82) is 0 Å². The number of likely N-dealkylation sites (N-methyl/N-ethyl adjacent to an activating group) is 1. The Hall–Kier alpha value is -1.59. The molecule has 5 heteroatoms. The third kappa shape index (κ3) is 4.22. The van der Waals surface area contributed by atoms with Gasteiger partial charge >= 0.3 is 5.97 Å². The number of hydrogen-bond acceptors (Lipinski definition) is 4. The Morgan fingerprint density at radius 1 is 1.47 bits per heavy atom. The number of aliphatic hydroxyl groups excluding tert-OH is 1. The summed E-state index contributed by atoms with van der Waals surface area (Å²) in [5.74, 6) is -0.190. The number of carboxylic acids is 1. The summed E-state index contributed by atoms with van der Waals surface area (Å²) in [7, 11) is 1.59. The summed E-state index contributed by atoms with van der Waals surface area (Å²) >= 11 is 0. The second kappa shape index (κ2) is 7.11. The summed E-state index contributed by atoms with van der Waals surface area (Å²) in [6, 6.07) is 4.84. The van der Waals surface area contributed by atoms with E-state index in [0.717, 1.165) is 11.3 Å². The summed E-state index contributed by atoms with van der Waals surface area (Å²) in [5, 5.41) is 22.2. The third-order valence-corrected chi connectivity index (χ3v) is 3.00. The molecule has 0 aliphatic rings. The zero-order valence-corrected chi connectivity index (χ0v) is 11.5. The van der Waals surface area contributed by atoms with Crippen LogP contribution in [0.3, 0.4) is 0 Å². The van der Waals surface area contributed by atoms with Crippen LogP contribution in [0, 0.1) is 6.92 Å². The van der Waals surface area contributed by atoms with E-state index in [0.29, 0.717) is 12.1 Å². The maximum absolute atomic E-state index is 10.8. The molecule has 1 aromatic carbocycles. The van der Waals surface area contributed by atoms with Crippen molar-refractivity contribution in [3.05, 3.63) is 29.3 Å². The van der Waals surface area contributed by atoms with E-state index in [1.807, 2.05) is 19.9 Å². The van der Waals surface area contributed by atoms with Crippen LogP contribution in [0.4, 0.5) is 0 Å². The molecular formula is C14H21NO4. The van der Waals surface area contributed by atoms with Crippen molar-refractivity contribution in [2.75, 3.05) is 13.7 Å². The highest BCUT2D eigenvalue weighted by Crippen LogP contribution is 2.25. The second-order valence-electron chi connectivity index (χ2n) is 4.44. The molecule has 0 fully saturated rings. The molecule has 0 spiro atoms. The molecule has 1 aromatic rings. The van der Waals surface area contributed by atoms with E-state index in [2.05, 4.69) is 5.32 Å². The molecule has 0 saturated heterocycles. The molecule has 1 rings (SSSR count). The molecule has 3 N–H and O–H groups in total. The number of aliphatic carboxylic acids is 1. The first kappa shape index (κ1) is 15.5. The molecule has 106 valence electrons. The van der Waals surface area contributed by atoms with Crippen LogP contribution >= 0.6 is 0 Å². The SMILES string of the molecule is CCNC(CC(=O)O)C(O)c1ccc(OC)c(C)c1. The molecule has 2 unspecified atom stereocenters. The minimum Gasteiger partial charge on any atom is -0.496 e. The van der Waals surface area contributed by atoms with Crippen molar-refractivity contribution in [1.82, 2.24) is 5.32 Å². The summed E-state index contributed by atoms with van der Waals surface area (Å²) in [6.45, 7) is 4.36. The van der Waals surface area contributed by atoms with Gasteiger partial charge in [-0.2, -0.15) is 0 Å². The summed E-state index contributed by atoms with van der Waals surface area (Å²) in [6.07, 6.45) is -0.985. The van der Waals surface area contributed by atoms with Crippen molar-refractivity contribution in [2.24, 2.45) is 0 Å². The average molecular weight is 267 g/mol. The molecule has 2 atom stereocenters. The van der Waals surface area contributed by atoms with Crippen molar-refractivity contribution in [3.63, 3.8) is 0 Å². The monoisotopic (exact) mass is 267 g/mol. The van der Waals surface area contributed by atoms with Crippen LogP contribution in [0.1, 0.15) is 30.6 Å². The van der Waals surface area contributed by atoms with Crippen LogP contribution < -0.4 is 10.1 Å². The van der Waals surface area contributed by atoms with Gasteiger partial charge in [-0.3, -0.25) is 4.79 Å². The topological polar surface area (TPSA) is 78.8 Å². The quantitative estimate of drug-likeness (QED) is 0.697. The van der Waals surface area contributed by atoms with E-state index in [9.17, 15) is 9.90 Å². The van der Waals surface area contributed by atoms with Gasteiger partial charge in [0.1, 0.15) is 5.75 Å². The smallest absolute Gasteiger partial charge is 0.305 e. The molecule has 19 heavy (non-hydrogen) atoms. The molecule has 5 nitrogen and oxygen atoms in total. The highest BCUT2D eigenvalue weighted by atomic mass is 16.5. The maximum atomic E-state index is 10.8. The lowest BCUT2D eigenvalue weighted by molar-refractivity contribution is -0.138. The van der Waals surface area contributed by atoms with Gasteiger partial charge in [0, 0.05) is 6.04 Å². The summed E-state index contributed by atoms with van der Waals surface area (Å²) < 4.78 is 5.16. The molecule has 0 aromatic heterocycles. The van der Waals surface area contributed by atoms with Crippen LogP contribution in [0.2, 0.25) is 0 Å². The van der Waals surface area contributed by atoms with Crippen molar-refractivity contribution in [3.8, 4) is 5.75 Å². The largest absolute Gasteiger partial charge is 0.496 e. The average Bonchev–Trinajstić information content (AvgIpc) is 2.36. The zero-order chi connectivity index (χ0) is 14.4. The van der Waals surface area contributed by atoms with E-state index in [1.165, 1.54) is 0 Å². The number of carboxylic acid groups (broad SMARTS) is 1. The zero-order valence-electron chi connectivity index (χ0n) is 11.5. The van der Waals surface area contributed by atoms with Gasteiger partial charge < -0.3 is 20.3 Å². The van der Waals surface area contributed by atoms with Gasteiger partial charge in [0.25, 0.3) is 0 Å². The first-order chi connectivity index (χ1) is 8.99. The third-order valence-electron chi connectivity index (χ3n) is 3.00. The lowest BCUT2D eigenvalue weighted by atomic mass is 9.98. The Labute approximate surface area is 113 Å². The molecule has 0 bridgehead atoms. The fourth-order valence-corrected chi connectivity index (χ4v) is 2.06. The number of rotatable bonds is 7. The highest BCUT2D eigenvalue weighted by Gasteiger charge is 2.23. The molecule has 0 heterocycles. The number of methoxy groups -OCH3 is 1. The van der Waals surface area contributed by atoms with E-state index >= 15 is 0 Å². The van der Waals surface area contributed by atoms with Crippen LogP contribution in [0.15, 0.2) is 18.2 Å². The lowest BCUT2D eigenvalue weighted by Gasteiger charge is -2.23. The van der Waals surface area contributed by atoms with E-state index in [1.54, 1.807) is 19.2 Å². The van der Waals surface area contributed by atoms with Gasteiger partial charge in [0.2, 0.25) is 0 Å². The van der Waals surface area contributed by atoms with Gasteiger partial charge in [0.05, 0.1) is 19.6 Å². The first-order valence-electron chi connectivity index (χ1n) is 6.27. The normalized spacial score (nSPS) is 13.9. The predicted octanol–water partition coefficient (Wildman–Crippen LogP) is 1.49. The minimum atomic E-state index is -0.935. The Bertz CT molecular complexity index is 433. The molecule has 0 aliphatic heterocycles. The van der Waals surface area contributed by atoms with Crippen molar-refractivity contribution < 1.29 is 19.7 Å². The molecule has 0 radical (unpaired) electrons. The van der Waals surface area contributed by atoms with Gasteiger partial charge in [0.15, 0.2) is 0 Å². The number of nitrogens with one attached hydrogen (secondary N) is 1. The van der Waals surface area contributed by atoms with E-state index in [-0.39, 0.29) is 6.42 Å². The Morgan fingerprint density at radius 3 is 2.63 bits per heavy atom. The number of carbonyl (C=O) groups is 1. The second-order valence-corrected chi connectivity index (χ2v) is 4.44. The van der Waals surface area contributed by atoms with Gasteiger partial charge in [-0.25, -0.2) is 0 Å². The number of aliphatic hydroxyl groups is 1. The molecular weight excluding hydrogens is 246 g/mol. The fourth-order valence-electron chi connectivity index (χ4n) is 2.06. The predicted molar refractivity (Wildman–Crippen MR) is 72.4 cm³/mol. The van der Waals surface area contributed by atoms with E-state index < -0.39 is 18.1 Å². The Kier molecular flexibility index (Phi) is 5.79. The fraction of sp³-hybridized carbons (Fsp3) is 0.500. The van der Waals surface area contributed by atoms with Crippen LogP contribution in [-0.2, 0) is 4.79 Å². The number of ether oxygens (including phenoxy) is 1. The van der Waals surface area contributed by atoms with E-state index in [4.69, 9.17) is 9.84 Å². The standard InChI is InChI=1S/C14H21NO4/c1-4-15-11(8-13(16)17)14(18)10-5-6-12(19-3)9(2)7-10/h5-7,11,14-15,18H,4,8H2,1-3H3,(H,16,17). The Morgan fingerprint density at radius 2 is 2.16 bits per heavy atom. The number of benzene rings is 1. The molecule has 0 amide bonds. The first-order valence-corrected chi connectivity index (χ1v) is 6.27. The van der Waals surface area contributed by atoms with Crippen molar-refractivity contribution in [2.45, 2.75) is 32.4 Å². The van der Waals surface area contributed by atoms with Gasteiger partial charge in [-0.15, -0.1) is 0 Å². The van der Waals surface area contributed by atoms with Crippen molar-refractivity contribution >= 4 is 5.97 Å². The summed E-state index contributed by atoms with van der Waals surface area (Å²) in [4.78, 5) is 10.8. The van der Waals surface area contributed by atoms with Gasteiger partial charge in [-0.1, -0.05) is 13.0 Å². The van der Waals surface area contributed by atoms with Gasteiger partial charge in [-0.05, 0) is 36.7 Å². The number of aryl methyl sites for hydroxylation is 1. The van der Waals surface area contributed by atoms with Crippen LogP contribution in [-0.4, -0.2) is 35.9 Å². The molecule has 0 aliphatic carbocycles. The highest BCUT2D eigenvalue weighted by molar-refractivity contribution is 5.67.